The van der Waals surface area contributed by atoms with Crippen LogP contribution in [0.2, 0.25) is 5.02 Å². The number of nitrogens with zero attached hydrogens (tertiary/aromatic N) is 3. The molecular weight excluding hydrogens is 622 g/mol. The second kappa shape index (κ2) is 12.3. The number of hydrogen-bond acceptors (Lipinski definition) is 7. The van der Waals surface area contributed by atoms with E-state index in [2.05, 4.69) is 17.0 Å². The van der Waals surface area contributed by atoms with Crippen LogP contribution in [-0.2, 0) is 25.9 Å². The Labute approximate surface area is 267 Å². The molecule has 1 saturated carbocycles. The van der Waals surface area contributed by atoms with Gasteiger partial charge in [-0.05, 0) is 63.1 Å². The van der Waals surface area contributed by atoms with Gasteiger partial charge in [-0.3, -0.25) is 14.4 Å². The van der Waals surface area contributed by atoms with Gasteiger partial charge in [0, 0.05) is 34.2 Å². The number of amidine groups is 1. The first kappa shape index (κ1) is 31.9. The highest BCUT2D eigenvalue weighted by atomic mass is 35.5. The van der Waals surface area contributed by atoms with Crippen molar-refractivity contribution in [2.24, 2.45) is 16.6 Å². The predicted molar refractivity (Wildman–Crippen MR) is 172 cm³/mol. The number of ether oxygens (including phenoxy) is 1. The summed E-state index contributed by atoms with van der Waals surface area (Å²) in [4.78, 5) is 4.70. The van der Waals surface area contributed by atoms with Crippen molar-refractivity contribution in [3.63, 3.8) is 0 Å². The normalized spacial score (nSPS) is 23.8. The molecule has 2 aromatic carbocycles. The van der Waals surface area contributed by atoms with Crippen molar-refractivity contribution < 1.29 is 21.9 Å². The first-order valence-electron chi connectivity index (χ1n) is 15.4. The van der Waals surface area contributed by atoms with E-state index in [1.807, 2.05) is 18.5 Å². The Kier molecular flexibility index (Phi) is 8.70. The van der Waals surface area contributed by atoms with Gasteiger partial charge in [-0.15, -0.1) is 0 Å². The van der Waals surface area contributed by atoms with Crippen molar-refractivity contribution in [1.29, 1.82) is 0 Å². The molecule has 9 nitrogen and oxygen atoms in total. The van der Waals surface area contributed by atoms with Crippen LogP contribution < -0.4 is 15.8 Å². The van der Waals surface area contributed by atoms with Gasteiger partial charge in [-0.25, -0.2) is 17.2 Å². The summed E-state index contributed by atoms with van der Waals surface area (Å²) in [5, 5.41) is 8.78. The van der Waals surface area contributed by atoms with Crippen molar-refractivity contribution in [2.45, 2.75) is 75.7 Å². The van der Waals surface area contributed by atoms with E-state index in [1.54, 1.807) is 24.3 Å². The molecule has 3 aromatic rings. The summed E-state index contributed by atoms with van der Waals surface area (Å²) in [5.41, 5.74) is 7.37. The Bertz CT molecular complexity index is 1730. The SMILES string of the molecule is CC(C)n1nc(-c2cc(F)c(NS(=O)(=O)Cc3ccccc3Cl)cc2F)c2c1C(C)([C@H]1CC[C@H](NC3COC3)CC1)CN=C2N. The number of nitrogens with one attached hydrogen (secondary N) is 2. The number of aliphatic imine (C=N–C) groups is 1. The lowest BCUT2D eigenvalue weighted by atomic mass is 9.65. The average Bonchev–Trinajstić information content (AvgIpc) is 3.39. The Morgan fingerprint density at radius 3 is 2.47 bits per heavy atom. The maximum absolute atomic E-state index is 15.8. The van der Waals surface area contributed by atoms with Crippen molar-refractivity contribution in [3.05, 3.63) is 69.9 Å². The molecule has 4 N–H and O–H groups in total. The third-order valence-electron chi connectivity index (χ3n) is 9.39. The minimum atomic E-state index is -4.10. The van der Waals surface area contributed by atoms with Gasteiger partial charge in [0.1, 0.15) is 23.2 Å². The molecule has 242 valence electrons. The number of rotatable bonds is 9. The highest BCUT2D eigenvalue weighted by Crippen LogP contribution is 2.47. The second-order valence-electron chi connectivity index (χ2n) is 12.9. The fourth-order valence-electron chi connectivity index (χ4n) is 6.91. The summed E-state index contributed by atoms with van der Waals surface area (Å²) in [7, 11) is -4.10. The average molecular weight is 661 g/mol. The van der Waals surface area contributed by atoms with E-state index >= 15 is 8.78 Å². The van der Waals surface area contributed by atoms with Gasteiger partial charge in [0.25, 0.3) is 0 Å². The van der Waals surface area contributed by atoms with Gasteiger partial charge in [0.15, 0.2) is 0 Å². The Morgan fingerprint density at radius 1 is 1.11 bits per heavy atom. The zero-order valence-electron chi connectivity index (χ0n) is 25.6. The highest BCUT2D eigenvalue weighted by Gasteiger charge is 2.46. The Morgan fingerprint density at radius 2 is 1.82 bits per heavy atom. The number of benzene rings is 2. The fraction of sp³-hybridized carbons (Fsp3) is 0.500. The molecule has 0 radical (unpaired) electrons. The molecule has 1 unspecified atom stereocenters. The van der Waals surface area contributed by atoms with Gasteiger partial charge >= 0.3 is 0 Å². The highest BCUT2D eigenvalue weighted by molar-refractivity contribution is 7.91. The molecule has 6 rings (SSSR count). The standard InChI is InChI=1S/C32H39ClF2N6O3S/c1-18(2)41-30-28(31(36)37-17-32(30,3)20-8-10-21(11-9-20)38-22-14-44-15-22)29(39-41)23-12-26(35)27(13-25(23)34)40-45(42,43)16-19-6-4-5-7-24(19)33/h4-7,12-13,18,20-22,38,40H,8-11,14-17H2,1-3H3,(H2,36,37)/t20-,21-,32?. The summed E-state index contributed by atoms with van der Waals surface area (Å²) in [5.74, 6) is -1.76. The number of aromatic nitrogens is 2. The maximum atomic E-state index is 15.8. The molecular formula is C32H39ClF2N6O3S. The van der Waals surface area contributed by atoms with Crippen molar-refractivity contribution in [2.75, 3.05) is 24.5 Å². The summed E-state index contributed by atoms with van der Waals surface area (Å²) in [6.45, 7) is 8.17. The van der Waals surface area contributed by atoms with Crippen LogP contribution in [-0.4, -0.2) is 55.9 Å². The molecule has 1 aromatic heterocycles. The lowest BCUT2D eigenvalue weighted by Crippen LogP contribution is -2.52. The van der Waals surface area contributed by atoms with E-state index in [1.165, 1.54) is 0 Å². The van der Waals surface area contributed by atoms with Crippen LogP contribution in [0, 0.1) is 17.6 Å². The van der Waals surface area contributed by atoms with Crippen LogP contribution in [0.15, 0.2) is 41.4 Å². The predicted octanol–water partition coefficient (Wildman–Crippen LogP) is 5.53. The first-order valence-corrected chi connectivity index (χ1v) is 17.4. The van der Waals surface area contributed by atoms with Gasteiger partial charge in [-0.2, -0.15) is 5.10 Å². The molecule has 2 fully saturated rings. The summed E-state index contributed by atoms with van der Waals surface area (Å²) >= 11 is 6.11. The largest absolute Gasteiger partial charge is 0.383 e. The van der Waals surface area contributed by atoms with E-state index in [0.29, 0.717) is 35.7 Å². The molecule has 3 heterocycles. The van der Waals surface area contributed by atoms with Crippen molar-refractivity contribution in [3.8, 4) is 11.3 Å². The summed E-state index contributed by atoms with van der Waals surface area (Å²) in [6.07, 6.45) is 4.03. The zero-order chi connectivity index (χ0) is 32.1. The molecule has 1 saturated heterocycles. The Balaban J connectivity index is 1.32. The van der Waals surface area contributed by atoms with E-state index in [4.69, 9.17) is 32.2 Å². The third-order valence-corrected chi connectivity index (χ3v) is 11.0. The molecule has 0 spiro atoms. The van der Waals surface area contributed by atoms with E-state index < -0.39 is 38.5 Å². The first-order chi connectivity index (χ1) is 21.4. The van der Waals surface area contributed by atoms with E-state index in [9.17, 15) is 8.42 Å². The monoisotopic (exact) mass is 660 g/mol. The maximum Gasteiger partial charge on any atom is 0.237 e. The fourth-order valence-corrected chi connectivity index (χ4v) is 8.41. The van der Waals surface area contributed by atoms with E-state index in [-0.39, 0.29) is 28.2 Å². The zero-order valence-corrected chi connectivity index (χ0v) is 27.2. The van der Waals surface area contributed by atoms with Crippen LogP contribution in [0.4, 0.5) is 14.5 Å². The van der Waals surface area contributed by atoms with E-state index in [0.717, 1.165) is 56.7 Å². The molecule has 0 bridgehead atoms. The van der Waals surface area contributed by atoms with Crippen LogP contribution in [0.3, 0.4) is 0 Å². The van der Waals surface area contributed by atoms with Gasteiger partial charge in [-0.1, -0.05) is 36.7 Å². The molecule has 13 heteroatoms. The van der Waals surface area contributed by atoms with Crippen molar-refractivity contribution in [1.82, 2.24) is 15.1 Å². The van der Waals surface area contributed by atoms with Gasteiger partial charge in [0.2, 0.25) is 10.0 Å². The van der Waals surface area contributed by atoms with Crippen molar-refractivity contribution >= 4 is 33.1 Å². The molecule has 2 aliphatic heterocycles. The number of nitrogens with two attached hydrogens (primary N) is 1. The lowest BCUT2D eigenvalue weighted by Gasteiger charge is -2.44. The topological polar surface area (TPSA) is 124 Å². The number of sulfonamides is 1. The minimum absolute atomic E-state index is 0.0850. The summed E-state index contributed by atoms with van der Waals surface area (Å²) in [6, 6.07) is 9.04. The molecule has 3 aliphatic rings. The van der Waals surface area contributed by atoms with Gasteiger partial charge < -0.3 is 15.8 Å². The lowest BCUT2D eigenvalue weighted by molar-refractivity contribution is -0.0135. The molecule has 1 aliphatic carbocycles. The summed E-state index contributed by atoms with van der Waals surface area (Å²) < 4.78 is 66.4. The van der Waals surface area contributed by atoms with Gasteiger partial charge in [0.05, 0.1) is 48.5 Å². The van der Waals surface area contributed by atoms with Crippen LogP contribution in [0.1, 0.15) is 69.3 Å². The minimum Gasteiger partial charge on any atom is -0.383 e. The second-order valence-corrected chi connectivity index (χ2v) is 15.1. The number of fused-ring (bicyclic) bond motifs is 1. The third kappa shape index (κ3) is 6.22. The number of halogens is 3. The molecule has 0 amide bonds. The van der Waals surface area contributed by atoms with Crippen LogP contribution in [0.5, 0.6) is 0 Å². The smallest absolute Gasteiger partial charge is 0.237 e. The number of hydrogen-bond donors (Lipinski definition) is 3. The van der Waals surface area contributed by atoms with Crippen LogP contribution in [0.25, 0.3) is 11.3 Å². The molecule has 45 heavy (non-hydrogen) atoms. The molecule has 1 atom stereocenters. The number of anilines is 1. The van der Waals surface area contributed by atoms with Crippen LogP contribution >= 0.6 is 11.6 Å². The quantitative estimate of drug-likeness (QED) is 0.277. The Hall–Kier alpha value is -3.06.